The summed E-state index contributed by atoms with van der Waals surface area (Å²) in [7, 11) is 0. The van der Waals surface area contributed by atoms with Crippen LogP contribution in [-0.2, 0) is 29.1 Å². The summed E-state index contributed by atoms with van der Waals surface area (Å²) in [4.78, 5) is 0. The molecule has 0 amide bonds. The van der Waals surface area contributed by atoms with Gasteiger partial charge in [0.25, 0.3) is 0 Å². The standard InChI is InChI=1S/C17H19NO3/c18-16-8-14(17-15(9-16)11-20-12-21-17)10-19-7-6-13-4-2-1-3-5-13/h1-5,8-9H,6-7,10-12,18H2. The van der Waals surface area contributed by atoms with Crippen molar-refractivity contribution in [3.63, 3.8) is 0 Å². The highest BCUT2D eigenvalue weighted by Crippen LogP contribution is 2.31. The van der Waals surface area contributed by atoms with Crippen LogP contribution >= 0.6 is 0 Å². The predicted octanol–water partition coefficient (Wildman–Crippen LogP) is 2.89. The molecule has 1 aliphatic heterocycles. The first kappa shape index (κ1) is 13.9. The largest absolute Gasteiger partial charge is 0.467 e. The number of ether oxygens (including phenoxy) is 3. The van der Waals surface area contributed by atoms with Crippen molar-refractivity contribution in [3.8, 4) is 5.75 Å². The van der Waals surface area contributed by atoms with Crippen molar-refractivity contribution in [3.05, 3.63) is 59.2 Å². The molecule has 110 valence electrons. The molecule has 0 saturated heterocycles. The van der Waals surface area contributed by atoms with Crippen LogP contribution in [0, 0.1) is 0 Å². The maximum atomic E-state index is 5.91. The van der Waals surface area contributed by atoms with Gasteiger partial charge in [-0.15, -0.1) is 0 Å². The Kier molecular flexibility index (Phi) is 4.38. The molecule has 0 spiro atoms. The van der Waals surface area contributed by atoms with Gasteiger partial charge in [-0.2, -0.15) is 0 Å². The number of benzene rings is 2. The molecule has 2 aromatic carbocycles. The number of hydrogen-bond donors (Lipinski definition) is 1. The maximum absolute atomic E-state index is 5.91. The third-order valence-corrected chi connectivity index (χ3v) is 3.44. The Morgan fingerprint density at radius 1 is 1.14 bits per heavy atom. The summed E-state index contributed by atoms with van der Waals surface area (Å²) in [5.74, 6) is 0.857. The minimum Gasteiger partial charge on any atom is -0.467 e. The second-order valence-corrected chi connectivity index (χ2v) is 5.07. The van der Waals surface area contributed by atoms with E-state index in [0.29, 0.717) is 25.5 Å². The van der Waals surface area contributed by atoms with E-state index in [4.69, 9.17) is 19.9 Å². The molecule has 0 bridgehead atoms. The van der Waals surface area contributed by atoms with E-state index in [9.17, 15) is 0 Å². The van der Waals surface area contributed by atoms with Crippen molar-refractivity contribution in [2.24, 2.45) is 0 Å². The molecule has 0 fully saturated rings. The Balaban J connectivity index is 1.59. The van der Waals surface area contributed by atoms with Gasteiger partial charge in [0.1, 0.15) is 5.75 Å². The molecule has 4 heteroatoms. The van der Waals surface area contributed by atoms with E-state index in [1.807, 2.05) is 30.3 Å². The van der Waals surface area contributed by atoms with E-state index in [0.717, 1.165) is 23.3 Å². The van der Waals surface area contributed by atoms with Crippen molar-refractivity contribution in [1.82, 2.24) is 0 Å². The lowest BCUT2D eigenvalue weighted by molar-refractivity contribution is -0.0183. The quantitative estimate of drug-likeness (QED) is 0.678. The molecule has 0 unspecified atom stereocenters. The summed E-state index contributed by atoms with van der Waals surface area (Å²) >= 11 is 0. The Morgan fingerprint density at radius 3 is 2.86 bits per heavy atom. The summed E-state index contributed by atoms with van der Waals surface area (Å²) in [6.45, 7) is 2.00. The predicted molar refractivity (Wildman–Crippen MR) is 80.9 cm³/mol. The van der Waals surface area contributed by atoms with Gasteiger partial charge in [0, 0.05) is 16.8 Å². The fraction of sp³-hybridized carbons (Fsp3) is 0.294. The van der Waals surface area contributed by atoms with Crippen LogP contribution in [0.1, 0.15) is 16.7 Å². The molecule has 0 aliphatic carbocycles. The van der Waals surface area contributed by atoms with Crippen LogP contribution in [0.25, 0.3) is 0 Å². The summed E-state index contributed by atoms with van der Waals surface area (Å²) in [6, 6.07) is 14.1. The van der Waals surface area contributed by atoms with Gasteiger partial charge in [0.15, 0.2) is 6.79 Å². The highest BCUT2D eigenvalue weighted by Gasteiger charge is 2.16. The Labute approximate surface area is 124 Å². The highest BCUT2D eigenvalue weighted by atomic mass is 16.7. The molecule has 4 nitrogen and oxygen atoms in total. The van der Waals surface area contributed by atoms with E-state index in [-0.39, 0.29) is 6.79 Å². The van der Waals surface area contributed by atoms with Crippen LogP contribution < -0.4 is 10.5 Å². The van der Waals surface area contributed by atoms with Gasteiger partial charge in [-0.3, -0.25) is 0 Å². The number of nitrogen functional groups attached to an aromatic ring is 1. The zero-order valence-corrected chi connectivity index (χ0v) is 11.9. The normalized spacial score (nSPS) is 13.5. The molecule has 1 heterocycles. The Morgan fingerprint density at radius 2 is 2.00 bits per heavy atom. The smallest absolute Gasteiger partial charge is 0.189 e. The zero-order chi connectivity index (χ0) is 14.5. The van der Waals surface area contributed by atoms with Crippen molar-refractivity contribution < 1.29 is 14.2 Å². The number of rotatable bonds is 5. The van der Waals surface area contributed by atoms with Crippen LogP contribution in [0.4, 0.5) is 5.69 Å². The van der Waals surface area contributed by atoms with Crippen LogP contribution in [0.5, 0.6) is 5.75 Å². The van der Waals surface area contributed by atoms with Gasteiger partial charge >= 0.3 is 0 Å². The summed E-state index contributed by atoms with van der Waals surface area (Å²) < 4.78 is 16.6. The van der Waals surface area contributed by atoms with E-state index in [1.54, 1.807) is 0 Å². The molecule has 0 aromatic heterocycles. The number of nitrogens with two attached hydrogens (primary N) is 1. The van der Waals surface area contributed by atoms with Gasteiger partial charge in [0.05, 0.1) is 19.8 Å². The molecule has 3 rings (SSSR count). The van der Waals surface area contributed by atoms with Gasteiger partial charge in [-0.1, -0.05) is 30.3 Å². The minimum atomic E-state index is 0.286. The first-order valence-corrected chi connectivity index (χ1v) is 7.06. The highest BCUT2D eigenvalue weighted by molar-refractivity contribution is 5.53. The van der Waals surface area contributed by atoms with Gasteiger partial charge in [-0.05, 0) is 24.1 Å². The lowest BCUT2D eigenvalue weighted by atomic mass is 10.1. The average molecular weight is 285 g/mol. The third kappa shape index (κ3) is 3.54. The lowest BCUT2D eigenvalue weighted by Gasteiger charge is -2.21. The van der Waals surface area contributed by atoms with Crippen LogP contribution in [0.3, 0.4) is 0 Å². The van der Waals surface area contributed by atoms with Crippen LogP contribution in [0.15, 0.2) is 42.5 Å². The molecule has 0 saturated carbocycles. The van der Waals surface area contributed by atoms with Crippen LogP contribution in [0.2, 0.25) is 0 Å². The number of hydrogen-bond acceptors (Lipinski definition) is 4. The lowest BCUT2D eigenvalue weighted by Crippen LogP contribution is -2.14. The van der Waals surface area contributed by atoms with Crippen molar-refractivity contribution in [2.75, 3.05) is 19.1 Å². The first-order valence-electron chi connectivity index (χ1n) is 7.06. The maximum Gasteiger partial charge on any atom is 0.189 e. The molecular weight excluding hydrogens is 266 g/mol. The fourth-order valence-electron chi connectivity index (χ4n) is 2.45. The summed E-state index contributed by atoms with van der Waals surface area (Å²) in [6.07, 6.45) is 0.898. The van der Waals surface area contributed by atoms with Crippen molar-refractivity contribution in [2.45, 2.75) is 19.6 Å². The number of fused-ring (bicyclic) bond motifs is 1. The molecule has 0 atom stereocenters. The van der Waals surface area contributed by atoms with Crippen LogP contribution in [-0.4, -0.2) is 13.4 Å². The molecule has 1 aliphatic rings. The molecule has 2 N–H and O–H groups in total. The topological polar surface area (TPSA) is 53.7 Å². The summed E-state index contributed by atoms with van der Waals surface area (Å²) in [5.41, 5.74) is 9.87. The Hall–Kier alpha value is -2.04. The van der Waals surface area contributed by atoms with Gasteiger partial charge in [-0.25, -0.2) is 0 Å². The Bertz CT molecular complexity index is 598. The average Bonchev–Trinajstić information content (AvgIpc) is 2.52. The van der Waals surface area contributed by atoms with Crippen molar-refractivity contribution >= 4 is 5.69 Å². The second kappa shape index (κ2) is 6.61. The first-order chi connectivity index (χ1) is 10.3. The van der Waals surface area contributed by atoms with Gasteiger partial charge in [0.2, 0.25) is 0 Å². The fourth-order valence-corrected chi connectivity index (χ4v) is 2.45. The molecule has 21 heavy (non-hydrogen) atoms. The van der Waals surface area contributed by atoms with Gasteiger partial charge < -0.3 is 19.9 Å². The summed E-state index contributed by atoms with van der Waals surface area (Å²) in [5, 5.41) is 0. The monoisotopic (exact) mass is 285 g/mol. The molecule has 2 aromatic rings. The number of anilines is 1. The molecular formula is C17H19NO3. The SMILES string of the molecule is Nc1cc(COCCc2ccccc2)c2c(c1)COCO2. The molecule has 0 radical (unpaired) electrons. The minimum absolute atomic E-state index is 0.286. The van der Waals surface area contributed by atoms with E-state index >= 15 is 0 Å². The van der Waals surface area contributed by atoms with E-state index in [1.165, 1.54) is 5.56 Å². The van der Waals surface area contributed by atoms with Crippen molar-refractivity contribution in [1.29, 1.82) is 0 Å². The third-order valence-electron chi connectivity index (χ3n) is 3.44. The van der Waals surface area contributed by atoms with E-state index < -0.39 is 0 Å². The zero-order valence-electron chi connectivity index (χ0n) is 11.9. The van der Waals surface area contributed by atoms with E-state index in [2.05, 4.69) is 12.1 Å². The second-order valence-electron chi connectivity index (χ2n) is 5.07.